The van der Waals surface area contributed by atoms with Crippen LogP contribution in [0.25, 0.3) is 22.2 Å². The van der Waals surface area contributed by atoms with Gasteiger partial charge in [0.05, 0.1) is 18.3 Å². The van der Waals surface area contributed by atoms with E-state index in [9.17, 15) is 0 Å². The SMILES string of the molecule is CP(C)c1ccc(Nc2cnc3nnn(Cc4ccc5ncccc5c4)c3n2)cc1. The summed E-state index contributed by atoms with van der Waals surface area (Å²) in [6.07, 6.45) is 3.48. The van der Waals surface area contributed by atoms with Crippen LogP contribution in [-0.2, 0) is 6.54 Å². The summed E-state index contributed by atoms with van der Waals surface area (Å²) in [7, 11) is -0.104. The molecule has 0 saturated carbocycles. The molecule has 5 rings (SSSR count). The molecule has 0 amide bonds. The maximum absolute atomic E-state index is 4.70. The van der Waals surface area contributed by atoms with E-state index in [0.717, 1.165) is 22.2 Å². The average Bonchev–Trinajstić information content (AvgIpc) is 3.16. The van der Waals surface area contributed by atoms with Gasteiger partial charge < -0.3 is 5.32 Å². The second-order valence-corrected chi connectivity index (χ2v) is 9.55. The predicted molar refractivity (Wildman–Crippen MR) is 122 cm³/mol. The van der Waals surface area contributed by atoms with Gasteiger partial charge in [0, 0.05) is 17.3 Å². The fraction of sp³-hybridized carbons (Fsp3) is 0.136. The summed E-state index contributed by atoms with van der Waals surface area (Å²) >= 11 is 0. The molecule has 0 aliphatic carbocycles. The monoisotopic (exact) mass is 413 g/mol. The summed E-state index contributed by atoms with van der Waals surface area (Å²) in [5.41, 5.74) is 4.23. The number of hydrogen-bond acceptors (Lipinski definition) is 6. The minimum absolute atomic E-state index is 0.104. The van der Waals surface area contributed by atoms with Crippen LogP contribution in [0.1, 0.15) is 5.56 Å². The molecule has 0 aliphatic heterocycles. The summed E-state index contributed by atoms with van der Waals surface area (Å²) < 4.78 is 1.77. The Labute approximate surface area is 175 Å². The van der Waals surface area contributed by atoms with Crippen molar-refractivity contribution in [3.63, 3.8) is 0 Å². The molecule has 2 aromatic carbocycles. The molecule has 0 saturated heterocycles. The zero-order valence-corrected chi connectivity index (χ0v) is 17.6. The second kappa shape index (κ2) is 7.76. The normalized spacial score (nSPS) is 11.4. The van der Waals surface area contributed by atoms with Gasteiger partial charge in [0.1, 0.15) is 0 Å². The Balaban J connectivity index is 1.42. The number of benzene rings is 2. The molecule has 0 bridgehead atoms. The molecule has 1 N–H and O–H groups in total. The van der Waals surface area contributed by atoms with Gasteiger partial charge >= 0.3 is 0 Å². The number of pyridine rings is 1. The van der Waals surface area contributed by atoms with Crippen molar-refractivity contribution in [2.24, 2.45) is 0 Å². The summed E-state index contributed by atoms with van der Waals surface area (Å²) in [6, 6.07) is 18.6. The minimum atomic E-state index is -0.104. The smallest absolute Gasteiger partial charge is 0.221 e. The molecular weight excluding hydrogens is 393 g/mol. The highest BCUT2D eigenvalue weighted by Gasteiger charge is 2.10. The largest absolute Gasteiger partial charge is 0.339 e. The first kappa shape index (κ1) is 18.6. The van der Waals surface area contributed by atoms with Gasteiger partial charge in [0.2, 0.25) is 5.65 Å². The molecular formula is C22H20N7P. The molecule has 3 heterocycles. The van der Waals surface area contributed by atoms with Gasteiger partial charge in [-0.15, -0.1) is 5.10 Å². The van der Waals surface area contributed by atoms with Crippen molar-refractivity contribution < 1.29 is 0 Å². The lowest BCUT2D eigenvalue weighted by molar-refractivity contribution is 0.664. The second-order valence-electron chi connectivity index (χ2n) is 7.25. The average molecular weight is 413 g/mol. The van der Waals surface area contributed by atoms with Crippen LogP contribution in [0, 0.1) is 0 Å². The van der Waals surface area contributed by atoms with Crippen LogP contribution in [0.3, 0.4) is 0 Å². The molecule has 7 nitrogen and oxygen atoms in total. The van der Waals surface area contributed by atoms with Crippen LogP contribution >= 0.6 is 7.92 Å². The van der Waals surface area contributed by atoms with Gasteiger partial charge in [-0.1, -0.05) is 37.4 Å². The van der Waals surface area contributed by atoms with Crippen LogP contribution in [0.5, 0.6) is 0 Å². The first-order valence-electron chi connectivity index (χ1n) is 9.60. The fourth-order valence-electron chi connectivity index (χ4n) is 3.31. The van der Waals surface area contributed by atoms with E-state index < -0.39 is 0 Å². The van der Waals surface area contributed by atoms with Gasteiger partial charge in [-0.2, -0.15) is 0 Å². The Morgan fingerprint density at radius 3 is 2.70 bits per heavy atom. The van der Waals surface area contributed by atoms with Crippen molar-refractivity contribution in [1.29, 1.82) is 0 Å². The third kappa shape index (κ3) is 3.72. The molecule has 3 aromatic heterocycles. The van der Waals surface area contributed by atoms with Crippen molar-refractivity contribution in [1.82, 2.24) is 29.9 Å². The predicted octanol–water partition coefficient (Wildman–Crippen LogP) is 3.93. The molecule has 0 atom stereocenters. The Hall–Kier alpha value is -3.44. The van der Waals surface area contributed by atoms with Crippen LogP contribution < -0.4 is 10.6 Å². The van der Waals surface area contributed by atoms with Gasteiger partial charge in [0.15, 0.2) is 11.5 Å². The van der Waals surface area contributed by atoms with Crippen LogP contribution in [0.2, 0.25) is 0 Å². The summed E-state index contributed by atoms with van der Waals surface area (Å²) in [4.78, 5) is 13.5. The Morgan fingerprint density at radius 1 is 1.00 bits per heavy atom. The molecule has 8 heteroatoms. The highest BCUT2D eigenvalue weighted by atomic mass is 31.1. The Kier molecular flexibility index (Phi) is 4.81. The van der Waals surface area contributed by atoms with Crippen molar-refractivity contribution in [3.8, 4) is 0 Å². The lowest BCUT2D eigenvalue weighted by Gasteiger charge is -2.09. The van der Waals surface area contributed by atoms with Crippen molar-refractivity contribution in [3.05, 3.63) is 72.6 Å². The maximum atomic E-state index is 4.70. The van der Waals surface area contributed by atoms with Gasteiger partial charge in [-0.3, -0.25) is 4.98 Å². The number of nitrogens with zero attached hydrogens (tertiary/aromatic N) is 6. The molecule has 0 radical (unpaired) electrons. The lowest BCUT2D eigenvalue weighted by Crippen LogP contribution is -2.04. The molecule has 0 aliphatic rings. The zero-order valence-electron chi connectivity index (χ0n) is 16.7. The minimum Gasteiger partial charge on any atom is -0.339 e. The molecule has 0 fully saturated rings. The maximum Gasteiger partial charge on any atom is 0.221 e. The molecule has 5 aromatic rings. The number of hydrogen-bond donors (Lipinski definition) is 1. The number of aromatic nitrogens is 6. The topological polar surface area (TPSA) is 81.4 Å². The number of rotatable bonds is 5. The summed E-state index contributed by atoms with van der Waals surface area (Å²) in [6.45, 7) is 5.06. The summed E-state index contributed by atoms with van der Waals surface area (Å²) in [5, 5.41) is 14.2. The van der Waals surface area contributed by atoms with E-state index in [-0.39, 0.29) is 7.92 Å². The van der Waals surface area contributed by atoms with E-state index in [4.69, 9.17) is 4.98 Å². The molecule has 0 unspecified atom stereocenters. The number of nitrogens with one attached hydrogen (secondary N) is 1. The lowest BCUT2D eigenvalue weighted by atomic mass is 10.1. The fourth-order valence-corrected chi connectivity index (χ4v) is 4.05. The summed E-state index contributed by atoms with van der Waals surface area (Å²) in [5.74, 6) is 0.664. The quantitative estimate of drug-likeness (QED) is 0.440. The molecule has 148 valence electrons. The van der Waals surface area contributed by atoms with Crippen LogP contribution in [0.4, 0.5) is 11.5 Å². The van der Waals surface area contributed by atoms with Crippen molar-refractivity contribution in [2.75, 3.05) is 18.6 Å². The van der Waals surface area contributed by atoms with Crippen LogP contribution in [0.15, 0.2) is 67.0 Å². The number of fused-ring (bicyclic) bond motifs is 2. The number of anilines is 2. The third-order valence-electron chi connectivity index (χ3n) is 4.88. The highest BCUT2D eigenvalue weighted by molar-refractivity contribution is 7.64. The van der Waals surface area contributed by atoms with Gasteiger partial charge in [0.25, 0.3) is 0 Å². The molecule has 30 heavy (non-hydrogen) atoms. The van der Waals surface area contributed by atoms with Crippen LogP contribution in [-0.4, -0.2) is 43.3 Å². The Morgan fingerprint density at radius 2 is 1.87 bits per heavy atom. The first-order chi connectivity index (χ1) is 14.7. The first-order valence-corrected chi connectivity index (χ1v) is 11.8. The molecule has 0 spiro atoms. The highest BCUT2D eigenvalue weighted by Crippen LogP contribution is 2.24. The van der Waals surface area contributed by atoms with E-state index in [2.05, 4.69) is 81.4 Å². The van der Waals surface area contributed by atoms with E-state index in [1.54, 1.807) is 17.1 Å². The standard InChI is InChI=1S/C22H20N7P/c1-30(2)18-8-6-17(7-9-18)25-20-13-24-21-22(26-20)29(28-27-21)14-15-5-10-19-16(12-15)4-3-11-23-19/h3-13H,14H2,1-2H3,(H,25,26). The van der Waals surface area contributed by atoms with Gasteiger partial charge in [-0.25, -0.2) is 14.6 Å². The zero-order chi connectivity index (χ0) is 20.5. The van der Waals surface area contributed by atoms with Crippen molar-refractivity contribution >= 4 is 46.9 Å². The van der Waals surface area contributed by atoms with E-state index in [1.165, 1.54) is 5.30 Å². The van der Waals surface area contributed by atoms with E-state index in [1.807, 2.05) is 12.1 Å². The third-order valence-corrected chi connectivity index (χ3v) is 6.21. The van der Waals surface area contributed by atoms with E-state index in [0.29, 0.717) is 23.7 Å². The van der Waals surface area contributed by atoms with Crippen molar-refractivity contribution in [2.45, 2.75) is 6.54 Å². The van der Waals surface area contributed by atoms with Gasteiger partial charge in [-0.05, 0) is 54.5 Å². The Bertz CT molecular complexity index is 1330. The van der Waals surface area contributed by atoms with E-state index >= 15 is 0 Å².